The van der Waals surface area contributed by atoms with Gasteiger partial charge in [0.2, 0.25) is 0 Å². The minimum absolute atomic E-state index is 0.518. The first kappa shape index (κ1) is 25.5. The summed E-state index contributed by atoms with van der Waals surface area (Å²) < 4.78 is 11.5. The predicted octanol–water partition coefficient (Wildman–Crippen LogP) is 5.61. The summed E-state index contributed by atoms with van der Waals surface area (Å²) in [4.78, 5) is 8.57. The summed E-state index contributed by atoms with van der Waals surface area (Å²) in [5, 5.41) is 20.4. The second-order valence-corrected chi connectivity index (χ2v) is 8.95. The van der Waals surface area contributed by atoms with Crippen LogP contribution in [-0.4, -0.2) is 46.5 Å². The number of nitrogens with one attached hydrogen (secondary N) is 2. The molecule has 3 heterocycles. The molecule has 0 bridgehead atoms. The van der Waals surface area contributed by atoms with Crippen molar-refractivity contribution < 1.29 is 9.47 Å². The molecular weight excluding hydrogens is 476 g/mol. The minimum atomic E-state index is 0.518. The van der Waals surface area contributed by atoms with Gasteiger partial charge in [0.25, 0.3) is 0 Å². The van der Waals surface area contributed by atoms with Crippen molar-refractivity contribution in [1.29, 1.82) is 0 Å². The van der Waals surface area contributed by atoms with Crippen molar-refractivity contribution in [1.82, 2.24) is 20.2 Å². The van der Waals surface area contributed by atoms with E-state index in [9.17, 15) is 0 Å². The van der Waals surface area contributed by atoms with Crippen LogP contribution in [0.15, 0.2) is 85.2 Å². The molecule has 0 aliphatic heterocycles. The van der Waals surface area contributed by atoms with E-state index in [1.807, 2.05) is 36.4 Å². The van der Waals surface area contributed by atoms with Crippen molar-refractivity contribution in [3.05, 3.63) is 96.6 Å². The lowest BCUT2D eigenvalue weighted by Crippen LogP contribution is -2.11. The number of fused-ring (bicyclic) bond motifs is 2. The van der Waals surface area contributed by atoms with E-state index < -0.39 is 0 Å². The van der Waals surface area contributed by atoms with Gasteiger partial charge >= 0.3 is 0 Å². The van der Waals surface area contributed by atoms with Gasteiger partial charge in [-0.15, -0.1) is 10.2 Å². The van der Waals surface area contributed by atoms with Crippen LogP contribution < -0.4 is 10.6 Å². The van der Waals surface area contributed by atoms with Crippen LogP contribution in [0.5, 0.6) is 0 Å². The second kappa shape index (κ2) is 13.4. The molecule has 38 heavy (non-hydrogen) atoms. The van der Waals surface area contributed by atoms with Crippen molar-refractivity contribution >= 4 is 33.2 Å². The quantitative estimate of drug-likeness (QED) is 0.148. The number of anilines is 2. The molecule has 0 spiro atoms. The van der Waals surface area contributed by atoms with Crippen LogP contribution in [0.1, 0.15) is 24.2 Å². The van der Waals surface area contributed by atoms with E-state index in [0.717, 1.165) is 59.7 Å². The first-order valence-corrected chi connectivity index (χ1v) is 13.0. The van der Waals surface area contributed by atoms with Crippen LogP contribution in [0.2, 0.25) is 0 Å². The molecule has 0 saturated heterocycles. The molecule has 0 aliphatic rings. The van der Waals surface area contributed by atoms with E-state index in [0.29, 0.717) is 26.4 Å². The third kappa shape index (κ3) is 7.00. The van der Waals surface area contributed by atoms with Gasteiger partial charge in [-0.3, -0.25) is 9.97 Å². The Morgan fingerprint density at radius 3 is 1.50 bits per heavy atom. The highest BCUT2D eigenvalue weighted by molar-refractivity contribution is 6.06. The zero-order valence-electron chi connectivity index (χ0n) is 21.3. The number of aromatic nitrogens is 4. The molecule has 194 valence electrons. The number of rotatable bonds is 14. The lowest BCUT2D eigenvalue weighted by Gasteiger charge is -2.14. The maximum absolute atomic E-state index is 5.76. The van der Waals surface area contributed by atoms with Crippen LogP contribution in [0, 0.1) is 0 Å². The molecule has 3 aromatic heterocycles. The Hall–Kier alpha value is -4.14. The fourth-order valence-corrected chi connectivity index (χ4v) is 4.18. The van der Waals surface area contributed by atoms with E-state index in [4.69, 9.17) is 9.47 Å². The summed E-state index contributed by atoms with van der Waals surface area (Å²) >= 11 is 0. The van der Waals surface area contributed by atoms with Gasteiger partial charge in [0.15, 0.2) is 11.6 Å². The zero-order chi connectivity index (χ0) is 25.8. The summed E-state index contributed by atoms with van der Waals surface area (Å²) in [5.41, 5.74) is 1.87. The molecule has 2 aromatic carbocycles. The number of ether oxygens (including phenoxy) is 2. The highest BCUT2D eigenvalue weighted by atomic mass is 16.5. The zero-order valence-corrected chi connectivity index (χ0v) is 21.3. The molecule has 8 nitrogen and oxygen atoms in total. The second-order valence-electron chi connectivity index (χ2n) is 8.95. The van der Waals surface area contributed by atoms with E-state index >= 15 is 0 Å². The number of pyridine rings is 2. The van der Waals surface area contributed by atoms with Crippen molar-refractivity contribution in [2.45, 2.75) is 26.1 Å². The Morgan fingerprint density at radius 2 is 1.05 bits per heavy atom. The normalized spacial score (nSPS) is 11.2. The molecule has 0 unspecified atom stereocenters. The number of nitrogens with zero attached hydrogens (tertiary/aromatic N) is 4. The number of benzene rings is 2. The van der Waals surface area contributed by atoms with Crippen LogP contribution >= 0.6 is 0 Å². The van der Waals surface area contributed by atoms with Crippen LogP contribution in [0.4, 0.5) is 11.6 Å². The topological polar surface area (TPSA) is 94.1 Å². The Bertz CT molecular complexity index is 1320. The monoisotopic (exact) mass is 508 g/mol. The molecular formula is C30H32N6O2. The van der Waals surface area contributed by atoms with Gasteiger partial charge in [0.1, 0.15) is 0 Å². The van der Waals surface area contributed by atoms with Gasteiger partial charge < -0.3 is 20.1 Å². The summed E-state index contributed by atoms with van der Waals surface area (Å²) in [5.74, 6) is 1.56. The molecule has 0 amide bonds. The summed E-state index contributed by atoms with van der Waals surface area (Å²) in [6, 6.07) is 24.4. The lowest BCUT2D eigenvalue weighted by molar-refractivity contribution is 0.118. The molecule has 0 aliphatic carbocycles. The lowest BCUT2D eigenvalue weighted by atomic mass is 10.0. The predicted molar refractivity (Wildman–Crippen MR) is 151 cm³/mol. The van der Waals surface area contributed by atoms with Crippen LogP contribution in [0.25, 0.3) is 21.5 Å². The number of hydrogen-bond acceptors (Lipinski definition) is 8. The van der Waals surface area contributed by atoms with E-state index in [1.54, 1.807) is 12.4 Å². The third-order valence-corrected chi connectivity index (χ3v) is 6.11. The van der Waals surface area contributed by atoms with Crippen LogP contribution in [-0.2, 0) is 22.7 Å². The molecule has 2 N–H and O–H groups in total. The molecule has 0 saturated carbocycles. The molecule has 5 rings (SSSR count). The maximum Gasteiger partial charge on any atom is 0.156 e. The van der Waals surface area contributed by atoms with E-state index in [2.05, 4.69) is 67.2 Å². The van der Waals surface area contributed by atoms with Gasteiger partial charge in [-0.1, -0.05) is 36.4 Å². The summed E-state index contributed by atoms with van der Waals surface area (Å²) in [6.45, 7) is 3.78. The van der Waals surface area contributed by atoms with Crippen LogP contribution in [0.3, 0.4) is 0 Å². The fourth-order valence-electron chi connectivity index (χ4n) is 4.18. The van der Waals surface area contributed by atoms with Crippen molar-refractivity contribution in [2.24, 2.45) is 0 Å². The van der Waals surface area contributed by atoms with Gasteiger partial charge in [-0.05, 0) is 60.0 Å². The first-order valence-electron chi connectivity index (χ1n) is 13.0. The molecule has 0 atom stereocenters. The smallest absolute Gasteiger partial charge is 0.156 e. The Morgan fingerprint density at radius 1 is 0.579 bits per heavy atom. The molecule has 0 radical (unpaired) electrons. The SMILES string of the molecule is c1ccc(COCCCNc2nnc(NCCCOCc3ccccn3)c3cc4ccccc4cc23)nc1. The summed E-state index contributed by atoms with van der Waals surface area (Å²) in [6.07, 6.45) is 5.26. The number of hydrogen-bond donors (Lipinski definition) is 2. The van der Waals surface area contributed by atoms with Crippen molar-refractivity contribution in [3.8, 4) is 0 Å². The van der Waals surface area contributed by atoms with Gasteiger partial charge in [0.05, 0.1) is 24.6 Å². The van der Waals surface area contributed by atoms with Crippen molar-refractivity contribution in [2.75, 3.05) is 36.9 Å². The minimum Gasteiger partial charge on any atom is -0.375 e. The highest BCUT2D eigenvalue weighted by Gasteiger charge is 2.11. The molecule has 8 heteroatoms. The van der Waals surface area contributed by atoms with Gasteiger partial charge in [-0.2, -0.15) is 0 Å². The Balaban J connectivity index is 1.17. The average Bonchev–Trinajstić information content (AvgIpc) is 2.97. The third-order valence-electron chi connectivity index (χ3n) is 6.11. The average molecular weight is 509 g/mol. The standard InChI is InChI=1S/C30H32N6O2/c1-2-10-24-20-28-27(19-23(24)9-1)29(33-15-7-17-37-21-25-11-3-5-13-31-25)35-36-30(28)34-16-8-18-38-22-26-12-4-6-14-32-26/h1-6,9-14,19-20H,7-8,15-18,21-22H2,(H,33,35)(H,34,36). The first-order chi connectivity index (χ1) is 18.9. The molecule has 0 fully saturated rings. The van der Waals surface area contributed by atoms with E-state index in [1.165, 1.54) is 10.8 Å². The Labute approximate surface area is 222 Å². The fraction of sp³-hybridized carbons (Fsp3) is 0.267. The summed E-state index contributed by atoms with van der Waals surface area (Å²) in [7, 11) is 0. The molecule has 5 aromatic rings. The highest BCUT2D eigenvalue weighted by Crippen LogP contribution is 2.30. The van der Waals surface area contributed by atoms with Crippen molar-refractivity contribution in [3.63, 3.8) is 0 Å². The van der Waals surface area contributed by atoms with Gasteiger partial charge in [0, 0.05) is 49.5 Å². The Kier molecular flexibility index (Phi) is 9.01. The van der Waals surface area contributed by atoms with Gasteiger partial charge in [-0.25, -0.2) is 0 Å². The maximum atomic E-state index is 5.76. The largest absolute Gasteiger partial charge is 0.375 e. The van der Waals surface area contributed by atoms with E-state index in [-0.39, 0.29) is 0 Å².